The molecular formula is C14H20N2O2. The van der Waals surface area contributed by atoms with Gasteiger partial charge in [0, 0.05) is 6.54 Å². The summed E-state index contributed by atoms with van der Waals surface area (Å²) in [6.45, 7) is 5.42. The van der Waals surface area contributed by atoms with E-state index in [1.165, 1.54) is 0 Å². The van der Waals surface area contributed by atoms with E-state index >= 15 is 0 Å². The first-order chi connectivity index (χ1) is 8.63. The SMILES string of the molecule is CCC1CN(CC(C)=O)c2ccc(CN)cc2O1. The summed E-state index contributed by atoms with van der Waals surface area (Å²) >= 11 is 0. The van der Waals surface area contributed by atoms with Gasteiger partial charge in [-0.15, -0.1) is 0 Å². The van der Waals surface area contributed by atoms with Crippen molar-refractivity contribution in [2.75, 3.05) is 18.0 Å². The molecule has 1 atom stereocenters. The van der Waals surface area contributed by atoms with Crippen LogP contribution in [-0.4, -0.2) is 25.0 Å². The molecule has 98 valence electrons. The van der Waals surface area contributed by atoms with Gasteiger partial charge in [-0.3, -0.25) is 4.79 Å². The summed E-state index contributed by atoms with van der Waals surface area (Å²) in [5, 5.41) is 0. The topological polar surface area (TPSA) is 55.6 Å². The lowest BCUT2D eigenvalue weighted by Gasteiger charge is -2.35. The molecule has 0 aliphatic carbocycles. The van der Waals surface area contributed by atoms with Crippen LogP contribution in [0.1, 0.15) is 25.8 Å². The number of hydrogen-bond acceptors (Lipinski definition) is 4. The Balaban J connectivity index is 2.32. The summed E-state index contributed by atoms with van der Waals surface area (Å²) in [5.74, 6) is 1.01. The summed E-state index contributed by atoms with van der Waals surface area (Å²) in [6.07, 6.45) is 1.07. The van der Waals surface area contributed by atoms with Gasteiger partial charge >= 0.3 is 0 Å². The minimum atomic E-state index is 0.143. The van der Waals surface area contributed by atoms with E-state index in [-0.39, 0.29) is 11.9 Å². The van der Waals surface area contributed by atoms with Crippen molar-refractivity contribution < 1.29 is 9.53 Å². The number of nitrogens with zero attached hydrogens (tertiary/aromatic N) is 1. The van der Waals surface area contributed by atoms with Crippen LogP contribution in [0.15, 0.2) is 18.2 Å². The summed E-state index contributed by atoms with van der Waals surface area (Å²) in [4.78, 5) is 13.4. The molecule has 0 fully saturated rings. The van der Waals surface area contributed by atoms with Crippen molar-refractivity contribution in [3.8, 4) is 5.75 Å². The maximum absolute atomic E-state index is 11.3. The lowest BCUT2D eigenvalue weighted by Crippen LogP contribution is -2.42. The second-order valence-electron chi connectivity index (χ2n) is 4.74. The largest absolute Gasteiger partial charge is 0.486 e. The van der Waals surface area contributed by atoms with E-state index < -0.39 is 0 Å². The van der Waals surface area contributed by atoms with Gasteiger partial charge in [-0.05, 0) is 31.0 Å². The number of carbonyl (C=O) groups is 1. The molecule has 18 heavy (non-hydrogen) atoms. The zero-order valence-electron chi connectivity index (χ0n) is 11.0. The Labute approximate surface area is 108 Å². The average molecular weight is 248 g/mol. The van der Waals surface area contributed by atoms with Crippen LogP contribution in [-0.2, 0) is 11.3 Å². The zero-order valence-corrected chi connectivity index (χ0v) is 11.0. The smallest absolute Gasteiger partial charge is 0.149 e. The fourth-order valence-corrected chi connectivity index (χ4v) is 2.23. The van der Waals surface area contributed by atoms with Gasteiger partial charge in [-0.1, -0.05) is 13.0 Å². The Bertz CT molecular complexity index is 445. The third-order valence-electron chi connectivity index (χ3n) is 3.19. The minimum absolute atomic E-state index is 0.143. The Kier molecular flexibility index (Phi) is 3.87. The Morgan fingerprint density at radius 2 is 2.33 bits per heavy atom. The van der Waals surface area contributed by atoms with Gasteiger partial charge in [0.05, 0.1) is 18.8 Å². The highest BCUT2D eigenvalue weighted by Gasteiger charge is 2.25. The molecule has 2 N–H and O–H groups in total. The van der Waals surface area contributed by atoms with E-state index in [1.54, 1.807) is 6.92 Å². The number of benzene rings is 1. The first kappa shape index (κ1) is 12.9. The third-order valence-corrected chi connectivity index (χ3v) is 3.19. The highest BCUT2D eigenvalue weighted by Crippen LogP contribution is 2.34. The predicted octanol–water partition coefficient (Wildman–Crippen LogP) is 1.71. The van der Waals surface area contributed by atoms with E-state index in [4.69, 9.17) is 10.5 Å². The number of nitrogens with two attached hydrogens (primary N) is 1. The van der Waals surface area contributed by atoms with E-state index in [9.17, 15) is 4.79 Å². The monoisotopic (exact) mass is 248 g/mol. The number of anilines is 1. The number of carbonyl (C=O) groups excluding carboxylic acids is 1. The van der Waals surface area contributed by atoms with E-state index in [2.05, 4.69) is 11.8 Å². The van der Waals surface area contributed by atoms with Crippen molar-refractivity contribution in [2.24, 2.45) is 5.73 Å². The molecule has 0 aromatic heterocycles. The third kappa shape index (κ3) is 2.64. The standard InChI is InChI=1S/C14H20N2O2/c1-3-12-9-16(8-10(2)17)13-5-4-11(7-15)6-14(13)18-12/h4-6,12H,3,7-9,15H2,1-2H3. The van der Waals surface area contributed by atoms with Crippen molar-refractivity contribution in [3.63, 3.8) is 0 Å². The van der Waals surface area contributed by atoms with Crippen LogP contribution in [0.25, 0.3) is 0 Å². The number of ketones is 1. The molecule has 2 rings (SSSR count). The molecule has 1 aliphatic rings. The van der Waals surface area contributed by atoms with Crippen molar-refractivity contribution in [2.45, 2.75) is 32.9 Å². The molecule has 4 nitrogen and oxygen atoms in total. The second-order valence-corrected chi connectivity index (χ2v) is 4.74. The van der Waals surface area contributed by atoms with Crippen LogP contribution in [0.2, 0.25) is 0 Å². The van der Waals surface area contributed by atoms with Crippen LogP contribution in [0.5, 0.6) is 5.75 Å². The van der Waals surface area contributed by atoms with Gasteiger partial charge < -0.3 is 15.4 Å². The summed E-state index contributed by atoms with van der Waals surface area (Å²) < 4.78 is 5.93. The summed E-state index contributed by atoms with van der Waals surface area (Å²) in [5.41, 5.74) is 7.68. The molecule has 1 aliphatic heterocycles. The molecule has 1 aromatic rings. The molecule has 0 saturated heterocycles. The lowest BCUT2D eigenvalue weighted by atomic mass is 10.1. The van der Waals surface area contributed by atoms with Crippen molar-refractivity contribution >= 4 is 11.5 Å². The summed E-state index contributed by atoms with van der Waals surface area (Å²) in [7, 11) is 0. The van der Waals surface area contributed by atoms with Gasteiger partial charge in [-0.2, -0.15) is 0 Å². The van der Waals surface area contributed by atoms with Crippen molar-refractivity contribution in [1.29, 1.82) is 0 Å². The molecule has 4 heteroatoms. The van der Waals surface area contributed by atoms with Crippen molar-refractivity contribution in [1.82, 2.24) is 0 Å². The number of fused-ring (bicyclic) bond motifs is 1. The average Bonchev–Trinajstić information content (AvgIpc) is 2.37. The van der Waals surface area contributed by atoms with E-state index in [0.29, 0.717) is 13.1 Å². The predicted molar refractivity (Wildman–Crippen MR) is 71.9 cm³/mol. The fourth-order valence-electron chi connectivity index (χ4n) is 2.23. The van der Waals surface area contributed by atoms with Gasteiger partial charge in [0.15, 0.2) is 0 Å². The Hall–Kier alpha value is -1.55. The molecule has 0 saturated carbocycles. The molecule has 1 aromatic carbocycles. The maximum Gasteiger partial charge on any atom is 0.149 e. The quantitative estimate of drug-likeness (QED) is 0.881. The van der Waals surface area contributed by atoms with Crippen LogP contribution in [0.3, 0.4) is 0 Å². The molecule has 0 amide bonds. The van der Waals surface area contributed by atoms with E-state index in [0.717, 1.165) is 30.0 Å². The minimum Gasteiger partial charge on any atom is -0.486 e. The lowest BCUT2D eigenvalue weighted by molar-refractivity contribution is -0.115. The molecule has 0 bridgehead atoms. The van der Waals surface area contributed by atoms with Gasteiger partial charge in [0.1, 0.15) is 17.6 Å². The van der Waals surface area contributed by atoms with Gasteiger partial charge in [0.2, 0.25) is 0 Å². The van der Waals surface area contributed by atoms with E-state index in [1.807, 2.05) is 18.2 Å². The number of rotatable bonds is 4. The highest BCUT2D eigenvalue weighted by atomic mass is 16.5. The fraction of sp³-hybridized carbons (Fsp3) is 0.500. The number of hydrogen-bond donors (Lipinski definition) is 1. The molecular weight excluding hydrogens is 228 g/mol. The summed E-state index contributed by atoms with van der Waals surface area (Å²) in [6, 6.07) is 5.96. The molecule has 1 heterocycles. The molecule has 0 radical (unpaired) electrons. The van der Waals surface area contributed by atoms with Gasteiger partial charge in [0.25, 0.3) is 0 Å². The van der Waals surface area contributed by atoms with Crippen LogP contribution >= 0.6 is 0 Å². The zero-order chi connectivity index (χ0) is 13.1. The first-order valence-electron chi connectivity index (χ1n) is 6.38. The Morgan fingerprint density at radius 1 is 1.56 bits per heavy atom. The highest BCUT2D eigenvalue weighted by molar-refractivity contribution is 5.82. The second kappa shape index (κ2) is 5.40. The number of Topliss-reactive ketones (excluding diaryl/α,β-unsaturated/α-hetero) is 1. The molecule has 1 unspecified atom stereocenters. The van der Waals surface area contributed by atoms with Crippen LogP contribution in [0, 0.1) is 0 Å². The van der Waals surface area contributed by atoms with Crippen LogP contribution < -0.4 is 15.4 Å². The normalized spacial score (nSPS) is 18.2. The molecule has 0 spiro atoms. The first-order valence-corrected chi connectivity index (χ1v) is 6.38. The maximum atomic E-state index is 11.3. The van der Waals surface area contributed by atoms with Gasteiger partial charge in [-0.25, -0.2) is 0 Å². The van der Waals surface area contributed by atoms with Crippen molar-refractivity contribution in [3.05, 3.63) is 23.8 Å². The Morgan fingerprint density at radius 3 is 2.94 bits per heavy atom. The van der Waals surface area contributed by atoms with Crippen LogP contribution in [0.4, 0.5) is 5.69 Å². The number of ether oxygens (including phenoxy) is 1.